The molecule has 0 spiro atoms. The summed E-state index contributed by atoms with van der Waals surface area (Å²) in [7, 11) is 3.78. The maximum absolute atomic E-state index is 13.5. The molecule has 1 N–H and O–H groups in total. The van der Waals surface area contributed by atoms with E-state index in [1.165, 1.54) is 50.5 Å². The standard InChI is InChI=1S/C32H53NO2/c1-20(2)21-12-17-32(27(34)33-8)19-18-30(6)22(26(21)32)10-11-24-29(5)15-14-25(35-9)28(3,4)23(29)13-16-31(24,30)7/h21-26H,1,10-19H2,2-9H3,(H,33,34)/t21-,22+,23-,24+,25-,26+,29-,30+,31+,32-/m0/s1. The van der Waals surface area contributed by atoms with Crippen LogP contribution in [-0.2, 0) is 9.53 Å². The van der Waals surface area contributed by atoms with Gasteiger partial charge in [-0.25, -0.2) is 0 Å². The van der Waals surface area contributed by atoms with Gasteiger partial charge in [-0.15, -0.1) is 0 Å². The molecule has 0 bridgehead atoms. The SMILES string of the molecule is C=C(C)[C@@H]1CC[C@]2(C(=O)NC)CC[C@]3(C)[C@H](CC[C@@H]4[C@@]5(C)CC[C@H](OC)C(C)(C)[C@@H]5CC[C@]43C)[C@@H]12. The van der Waals surface area contributed by atoms with Crippen LogP contribution in [0.15, 0.2) is 12.2 Å². The minimum Gasteiger partial charge on any atom is -0.381 e. The molecule has 198 valence electrons. The van der Waals surface area contributed by atoms with E-state index in [0.717, 1.165) is 31.1 Å². The van der Waals surface area contributed by atoms with Crippen LogP contribution < -0.4 is 5.32 Å². The minimum atomic E-state index is -0.175. The van der Waals surface area contributed by atoms with Gasteiger partial charge in [0, 0.05) is 14.2 Å². The number of methoxy groups -OCH3 is 1. The lowest BCUT2D eigenvalue weighted by Crippen LogP contribution is -2.67. The number of allylic oxidation sites excluding steroid dienone is 1. The average Bonchev–Trinajstić information content (AvgIpc) is 3.20. The first-order valence-corrected chi connectivity index (χ1v) is 14.7. The summed E-state index contributed by atoms with van der Waals surface area (Å²) in [5.41, 5.74) is 2.40. The molecule has 3 nitrogen and oxygen atoms in total. The van der Waals surface area contributed by atoms with Gasteiger partial charge in [0.1, 0.15) is 0 Å². The van der Waals surface area contributed by atoms with Gasteiger partial charge < -0.3 is 10.1 Å². The molecule has 5 fully saturated rings. The van der Waals surface area contributed by atoms with Crippen LogP contribution in [0.4, 0.5) is 0 Å². The van der Waals surface area contributed by atoms with Crippen LogP contribution in [0.2, 0.25) is 0 Å². The predicted molar refractivity (Wildman–Crippen MR) is 144 cm³/mol. The zero-order valence-electron chi connectivity index (χ0n) is 24.1. The highest BCUT2D eigenvalue weighted by Crippen LogP contribution is 2.77. The van der Waals surface area contributed by atoms with Crippen molar-refractivity contribution in [3.05, 3.63) is 12.2 Å². The molecule has 0 aromatic carbocycles. The topological polar surface area (TPSA) is 38.3 Å². The molecule has 0 radical (unpaired) electrons. The summed E-state index contributed by atoms with van der Waals surface area (Å²) in [4.78, 5) is 13.5. The highest BCUT2D eigenvalue weighted by Gasteiger charge is 2.71. The van der Waals surface area contributed by atoms with Gasteiger partial charge in [-0.1, -0.05) is 46.8 Å². The largest absolute Gasteiger partial charge is 0.381 e. The molecule has 35 heavy (non-hydrogen) atoms. The smallest absolute Gasteiger partial charge is 0.226 e. The molecular formula is C32H53NO2. The molecule has 5 rings (SSSR count). The third-order valence-corrected chi connectivity index (χ3v) is 14.0. The van der Waals surface area contributed by atoms with Crippen molar-refractivity contribution in [2.24, 2.45) is 56.7 Å². The number of carbonyl (C=O) groups is 1. The van der Waals surface area contributed by atoms with E-state index >= 15 is 0 Å². The number of nitrogens with one attached hydrogen (secondary N) is 1. The molecule has 5 saturated carbocycles. The summed E-state index contributed by atoms with van der Waals surface area (Å²) in [6.07, 6.45) is 12.6. The van der Waals surface area contributed by atoms with Crippen LogP contribution in [0.1, 0.15) is 106 Å². The van der Waals surface area contributed by atoms with Gasteiger partial charge in [0.25, 0.3) is 0 Å². The van der Waals surface area contributed by atoms with Crippen molar-refractivity contribution in [2.75, 3.05) is 14.2 Å². The van der Waals surface area contributed by atoms with Gasteiger partial charge in [0.05, 0.1) is 11.5 Å². The van der Waals surface area contributed by atoms with Gasteiger partial charge >= 0.3 is 0 Å². The van der Waals surface area contributed by atoms with Crippen molar-refractivity contribution in [2.45, 2.75) is 112 Å². The number of carbonyl (C=O) groups excluding carboxylic acids is 1. The lowest BCUT2D eigenvalue weighted by Gasteiger charge is -2.73. The first kappa shape index (κ1) is 25.8. The van der Waals surface area contributed by atoms with Crippen LogP contribution in [0.25, 0.3) is 0 Å². The first-order chi connectivity index (χ1) is 16.3. The van der Waals surface area contributed by atoms with Crippen molar-refractivity contribution in [3.63, 3.8) is 0 Å². The Morgan fingerprint density at radius 2 is 1.57 bits per heavy atom. The fraction of sp³-hybridized carbons (Fsp3) is 0.906. The van der Waals surface area contributed by atoms with Crippen LogP contribution in [0.3, 0.4) is 0 Å². The Kier molecular flexibility index (Phi) is 5.96. The number of amides is 1. The van der Waals surface area contributed by atoms with E-state index in [4.69, 9.17) is 4.74 Å². The van der Waals surface area contributed by atoms with E-state index in [1.54, 1.807) is 0 Å². The van der Waals surface area contributed by atoms with E-state index in [-0.39, 0.29) is 10.8 Å². The summed E-state index contributed by atoms with van der Waals surface area (Å²) < 4.78 is 6.05. The minimum absolute atomic E-state index is 0.175. The Morgan fingerprint density at radius 3 is 2.20 bits per heavy atom. The second-order valence-corrected chi connectivity index (χ2v) is 15.0. The lowest BCUT2D eigenvalue weighted by atomic mass is 9.32. The quantitative estimate of drug-likeness (QED) is 0.425. The molecule has 0 aromatic rings. The lowest BCUT2D eigenvalue weighted by molar-refractivity contribution is -0.248. The molecule has 3 heteroatoms. The summed E-state index contributed by atoms with van der Waals surface area (Å²) in [6, 6.07) is 0. The number of ether oxygens (including phenoxy) is 1. The Hall–Kier alpha value is -0.830. The first-order valence-electron chi connectivity index (χ1n) is 14.7. The van der Waals surface area contributed by atoms with Crippen LogP contribution in [0.5, 0.6) is 0 Å². The van der Waals surface area contributed by atoms with Gasteiger partial charge in [0.2, 0.25) is 5.91 Å². The fourth-order valence-corrected chi connectivity index (χ4v) is 12.2. The second-order valence-electron chi connectivity index (χ2n) is 15.0. The molecule has 0 saturated heterocycles. The van der Waals surface area contributed by atoms with Crippen molar-refractivity contribution in [1.82, 2.24) is 5.32 Å². The number of hydrogen-bond acceptors (Lipinski definition) is 2. The van der Waals surface area contributed by atoms with Crippen LogP contribution in [0, 0.1) is 56.7 Å². The monoisotopic (exact) mass is 483 g/mol. The maximum atomic E-state index is 13.5. The normalized spacial score (nSPS) is 52.5. The molecule has 5 aliphatic carbocycles. The van der Waals surface area contributed by atoms with E-state index < -0.39 is 0 Å². The second kappa shape index (κ2) is 8.08. The molecule has 1 amide bonds. The number of rotatable bonds is 3. The third-order valence-electron chi connectivity index (χ3n) is 14.0. The Bertz CT molecular complexity index is 894. The van der Waals surface area contributed by atoms with Gasteiger partial charge in [-0.3, -0.25) is 4.79 Å². The predicted octanol–water partition coefficient (Wildman–Crippen LogP) is 7.41. The molecule has 0 unspecified atom stereocenters. The summed E-state index contributed by atoms with van der Waals surface area (Å²) in [5.74, 6) is 3.40. The van der Waals surface area contributed by atoms with Gasteiger partial charge in [-0.05, 0) is 122 Å². The third kappa shape index (κ3) is 3.09. The molecule has 0 aromatic heterocycles. The molecular weight excluding hydrogens is 430 g/mol. The maximum Gasteiger partial charge on any atom is 0.226 e. The highest BCUT2D eigenvalue weighted by molar-refractivity contribution is 5.83. The summed E-state index contributed by atoms with van der Waals surface area (Å²) in [6.45, 7) is 19.7. The van der Waals surface area contributed by atoms with Gasteiger partial charge in [0.15, 0.2) is 0 Å². The Labute approximate surface area is 215 Å². The molecule has 5 aliphatic rings. The van der Waals surface area contributed by atoms with Gasteiger partial charge in [-0.2, -0.15) is 0 Å². The molecule has 0 aliphatic heterocycles. The van der Waals surface area contributed by atoms with E-state index in [1.807, 2.05) is 14.2 Å². The zero-order chi connectivity index (χ0) is 25.6. The fourth-order valence-electron chi connectivity index (χ4n) is 12.2. The number of fused-ring (bicyclic) bond motifs is 7. The molecule has 10 atom stereocenters. The zero-order valence-corrected chi connectivity index (χ0v) is 24.1. The van der Waals surface area contributed by atoms with Crippen molar-refractivity contribution >= 4 is 5.91 Å². The van der Waals surface area contributed by atoms with Crippen molar-refractivity contribution < 1.29 is 9.53 Å². The summed E-state index contributed by atoms with van der Waals surface area (Å²) in [5, 5.41) is 3.11. The number of hydrogen-bond donors (Lipinski definition) is 1. The Morgan fingerprint density at radius 1 is 0.857 bits per heavy atom. The Balaban J connectivity index is 1.55. The van der Waals surface area contributed by atoms with E-state index in [2.05, 4.69) is 53.4 Å². The average molecular weight is 484 g/mol. The van der Waals surface area contributed by atoms with E-state index in [0.29, 0.717) is 46.0 Å². The van der Waals surface area contributed by atoms with Crippen molar-refractivity contribution in [1.29, 1.82) is 0 Å². The van der Waals surface area contributed by atoms with Crippen LogP contribution in [-0.4, -0.2) is 26.2 Å². The summed E-state index contributed by atoms with van der Waals surface area (Å²) >= 11 is 0. The van der Waals surface area contributed by atoms with Crippen LogP contribution >= 0.6 is 0 Å². The molecule has 0 heterocycles. The highest BCUT2D eigenvalue weighted by atomic mass is 16.5. The van der Waals surface area contributed by atoms with E-state index in [9.17, 15) is 4.79 Å². The van der Waals surface area contributed by atoms with Crippen molar-refractivity contribution in [3.8, 4) is 0 Å².